The van der Waals surface area contributed by atoms with E-state index in [4.69, 9.17) is 9.84 Å². The van der Waals surface area contributed by atoms with E-state index in [1.54, 1.807) is 10.9 Å². The Morgan fingerprint density at radius 3 is 2.70 bits per heavy atom. The summed E-state index contributed by atoms with van der Waals surface area (Å²) >= 11 is 0. The maximum Gasteiger partial charge on any atom is 0.262 e. The predicted molar refractivity (Wildman–Crippen MR) is 143 cm³/mol. The molecule has 1 fully saturated rings. The zero-order chi connectivity index (χ0) is 26.4. The highest BCUT2D eigenvalue weighted by molar-refractivity contribution is 7.91. The number of unbranched alkanes of at least 4 members (excludes halogenated alkanes) is 1. The second kappa shape index (κ2) is 11.4. The van der Waals surface area contributed by atoms with Gasteiger partial charge in [0.2, 0.25) is 0 Å². The van der Waals surface area contributed by atoms with E-state index in [1.807, 2.05) is 61.5 Å². The second-order valence-electron chi connectivity index (χ2n) is 9.14. The number of hydrogen-bond donors (Lipinski definition) is 1. The SMILES string of the molecule is CCCCOc1ccc(-c2nn(-c3ccccc3)cc2/C=C(/C#N)C(=O)NC2CCS(=O)(=O)C2)c(C)c1. The Labute approximate surface area is 217 Å². The van der Waals surface area contributed by atoms with Crippen molar-refractivity contribution < 1.29 is 17.9 Å². The normalized spacial score (nSPS) is 16.8. The number of rotatable bonds is 9. The summed E-state index contributed by atoms with van der Waals surface area (Å²) in [4.78, 5) is 12.9. The molecule has 37 heavy (non-hydrogen) atoms. The van der Waals surface area contributed by atoms with Crippen LogP contribution in [0.15, 0.2) is 60.3 Å². The third-order valence-electron chi connectivity index (χ3n) is 6.22. The minimum absolute atomic E-state index is 0.0367. The summed E-state index contributed by atoms with van der Waals surface area (Å²) < 4.78 is 31.1. The van der Waals surface area contributed by atoms with Gasteiger partial charge in [-0.25, -0.2) is 13.1 Å². The topological polar surface area (TPSA) is 114 Å². The zero-order valence-electron chi connectivity index (χ0n) is 21.0. The fraction of sp³-hybridized carbons (Fsp3) is 0.321. The van der Waals surface area contributed by atoms with E-state index in [-0.39, 0.29) is 17.1 Å². The lowest BCUT2D eigenvalue weighted by atomic mass is 10.0. The molecule has 0 saturated carbocycles. The summed E-state index contributed by atoms with van der Waals surface area (Å²) in [5.41, 5.74) is 3.72. The number of hydrogen-bond acceptors (Lipinski definition) is 6. The summed E-state index contributed by atoms with van der Waals surface area (Å²) in [7, 11) is -3.16. The number of nitriles is 1. The van der Waals surface area contributed by atoms with E-state index in [0.29, 0.717) is 24.3 Å². The van der Waals surface area contributed by atoms with Crippen LogP contribution < -0.4 is 10.1 Å². The first-order valence-corrected chi connectivity index (χ1v) is 14.1. The molecule has 0 aliphatic carbocycles. The summed E-state index contributed by atoms with van der Waals surface area (Å²) in [6.07, 6.45) is 5.65. The van der Waals surface area contributed by atoms with Gasteiger partial charge in [-0.3, -0.25) is 4.79 Å². The van der Waals surface area contributed by atoms with Gasteiger partial charge in [0.1, 0.15) is 23.1 Å². The minimum atomic E-state index is -3.16. The first kappa shape index (κ1) is 26.2. The molecule has 192 valence electrons. The lowest BCUT2D eigenvalue weighted by Crippen LogP contribution is -2.36. The number of aryl methyl sites for hydroxylation is 1. The van der Waals surface area contributed by atoms with Gasteiger partial charge in [-0.15, -0.1) is 0 Å². The molecule has 2 heterocycles. The molecule has 0 radical (unpaired) electrons. The van der Waals surface area contributed by atoms with Crippen LogP contribution in [0.25, 0.3) is 23.0 Å². The maximum atomic E-state index is 12.9. The molecule has 1 amide bonds. The summed E-state index contributed by atoms with van der Waals surface area (Å²) in [5, 5.41) is 17.3. The number of para-hydroxylation sites is 1. The summed E-state index contributed by atoms with van der Waals surface area (Å²) in [6.45, 7) is 4.73. The monoisotopic (exact) mass is 518 g/mol. The van der Waals surface area contributed by atoms with Crippen molar-refractivity contribution >= 4 is 21.8 Å². The van der Waals surface area contributed by atoms with Crippen molar-refractivity contribution in [3.05, 3.63) is 71.4 Å². The van der Waals surface area contributed by atoms with Crippen molar-refractivity contribution in [2.75, 3.05) is 18.1 Å². The number of aromatic nitrogens is 2. The molecule has 1 atom stereocenters. The van der Waals surface area contributed by atoms with Gasteiger partial charge in [0.05, 0.1) is 23.8 Å². The molecule has 2 aromatic carbocycles. The standard InChI is InChI=1S/C28H30N4O4S/c1-3-4-13-36-25-10-11-26(20(2)15-25)27-22(18-32(31-27)24-8-6-5-7-9-24)16-21(17-29)28(33)30-23-12-14-37(34,35)19-23/h5-11,15-16,18,23H,3-4,12-14,19H2,1-2H3,(H,30,33)/b21-16-. The molecule has 0 bridgehead atoms. The van der Waals surface area contributed by atoms with Gasteiger partial charge in [-0.1, -0.05) is 31.5 Å². The van der Waals surface area contributed by atoms with Gasteiger partial charge in [-0.2, -0.15) is 10.4 Å². The van der Waals surface area contributed by atoms with E-state index >= 15 is 0 Å². The molecule has 1 unspecified atom stereocenters. The van der Waals surface area contributed by atoms with Crippen molar-refractivity contribution in [1.82, 2.24) is 15.1 Å². The Bertz CT molecular complexity index is 1450. The largest absolute Gasteiger partial charge is 0.494 e. The molecule has 8 nitrogen and oxygen atoms in total. The van der Waals surface area contributed by atoms with E-state index < -0.39 is 21.8 Å². The third-order valence-corrected chi connectivity index (χ3v) is 7.98. The van der Waals surface area contributed by atoms with Crippen LogP contribution in [0, 0.1) is 18.3 Å². The van der Waals surface area contributed by atoms with E-state index in [2.05, 4.69) is 12.2 Å². The zero-order valence-corrected chi connectivity index (χ0v) is 21.8. The molecule has 1 saturated heterocycles. The highest BCUT2D eigenvalue weighted by Gasteiger charge is 2.29. The number of nitrogens with zero attached hydrogens (tertiary/aromatic N) is 3. The van der Waals surface area contributed by atoms with Crippen LogP contribution in [-0.4, -0.2) is 48.3 Å². The van der Waals surface area contributed by atoms with E-state index in [1.165, 1.54) is 6.08 Å². The van der Waals surface area contributed by atoms with Crippen molar-refractivity contribution in [3.8, 4) is 28.8 Å². The van der Waals surface area contributed by atoms with Crippen LogP contribution in [-0.2, 0) is 14.6 Å². The average molecular weight is 519 g/mol. The molecule has 3 aromatic rings. The van der Waals surface area contributed by atoms with Crippen LogP contribution in [0.1, 0.15) is 37.3 Å². The Morgan fingerprint density at radius 1 is 1.27 bits per heavy atom. The lowest BCUT2D eigenvalue weighted by Gasteiger charge is -2.11. The Balaban J connectivity index is 1.70. The molecule has 0 spiro atoms. The van der Waals surface area contributed by atoms with Gasteiger partial charge in [0, 0.05) is 23.4 Å². The van der Waals surface area contributed by atoms with Crippen molar-refractivity contribution in [1.29, 1.82) is 5.26 Å². The van der Waals surface area contributed by atoms with Crippen LogP contribution in [0.2, 0.25) is 0 Å². The number of nitrogens with one attached hydrogen (secondary N) is 1. The number of carbonyl (C=O) groups is 1. The number of ether oxygens (including phenoxy) is 1. The fourth-order valence-corrected chi connectivity index (χ4v) is 5.89. The molecular formula is C28H30N4O4S. The highest BCUT2D eigenvalue weighted by Crippen LogP contribution is 2.31. The molecule has 1 aliphatic rings. The van der Waals surface area contributed by atoms with Gasteiger partial charge in [-0.05, 0) is 61.7 Å². The number of benzene rings is 2. The summed E-state index contributed by atoms with van der Waals surface area (Å²) in [6, 6.07) is 16.8. The van der Waals surface area contributed by atoms with Crippen molar-refractivity contribution in [2.24, 2.45) is 0 Å². The molecule has 4 rings (SSSR count). The average Bonchev–Trinajstić information content (AvgIpc) is 3.45. The smallest absolute Gasteiger partial charge is 0.262 e. The quantitative estimate of drug-likeness (QED) is 0.258. The van der Waals surface area contributed by atoms with Crippen LogP contribution >= 0.6 is 0 Å². The number of carbonyl (C=O) groups excluding carboxylic acids is 1. The van der Waals surface area contributed by atoms with Gasteiger partial charge in [0.15, 0.2) is 9.84 Å². The summed E-state index contributed by atoms with van der Waals surface area (Å²) in [5.74, 6) is 0.104. The van der Waals surface area contributed by atoms with Gasteiger partial charge >= 0.3 is 0 Å². The molecular weight excluding hydrogens is 488 g/mol. The molecule has 1 aromatic heterocycles. The van der Waals surface area contributed by atoms with E-state index in [0.717, 1.165) is 35.4 Å². The first-order valence-electron chi connectivity index (χ1n) is 12.3. The molecule has 1 N–H and O–H groups in total. The van der Waals surface area contributed by atoms with Gasteiger partial charge in [0.25, 0.3) is 5.91 Å². The first-order chi connectivity index (χ1) is 17.8. The molecule has 9 heteroatoms. The molecule has 1 aliphatic heterocycles. The fourth-order valence-electron chi connectivity index (χ4n) is 4.22. The van der Waals surface area contributed by atoms with Crippen LogP contribution in [0.5, 0.6) is 5.75 Å². The number of sulfone groups is 1. The van der Waals surface area contributed by atoms with Crippen molar-refractivity contribution in [2.45, 2.75) is 39.2 Å². The van der Waals surface area contributed by atoms with Gasteiger partial charge < -0.3 is 10.1 Å². The van der Waals surface area contributed by atoms with Crippen molar-refractivity contribution in [3.63, 3.8) is 0 Å². The van der Waals surface area contributed by atoms with Crippen LogP contribution in [0.3, 0.4) is 0 Å². The predicted octanol–water partition coefficient (Wildman–Crippen LogP) is 4.24. The Hall–Kier alpha value is -3.90. The third kappa shape index (κ3) is 6.46. The van der Waals surface area contributed by atoms with Crippen LogP contribution in [0.4, 0.5) is 0 Å². The number of amides is 1. The minimum Gasteiger partial charge on any atom is -0.494 e. The lowest BCUT2D eigenvalue weighted by molar-refractivity contribution is -0.117. The van der Waals surface area contributed by atoms with E-state index in [9.17, 15) is 18.5 Å². The Morgan fingerprint density at radius 2 is 2.05 bits per heavy atom. The second-order valence-corrected chi connectivity index (χ2v) is 11.4. The maximum absolute atomic E-state index is 12.9. The highest BCUT2D eigenvalue weighted by atomic mass is 32.2. The Kier molecular flexibility index (Phi) is 8.09.